The second-order valence-corrected chi connectivity index (χ2v) is 7.62. The Kier molecular flexibility index (Phi) is 6.12. The maximum atomic E-state index is 12.3. The van der Waals surface area contributed by atoms with Gasteiger partial charge in [-0.3, -0.25) is 10.1 Å². The second-order valence-electron chi connectivity index (χ2n) is 7.62. The highest BCUT2D eigenvalue weighted by atomic mass is 16.6. The van der Waals surface area contributed by atoms with Gasteiger partial charge in [0.05, 0.1) is 4.92 Å². The van der Waals surface area contributed by atoms with Crippen molar-refractivity contribution in [3.8, 4) is 5.75 Å². The minimum absolute atomic E-state index is 0.117. The van der Waals surface area contributed by atoms with Crippen molar-refractivity contribution in [2.75, 3.05) is 0 Å². The van der Waals surface area contributed by atoms with Gasteiger partial charge in [-0.2, -0.15) is 0 Å². The molecule has 138 valence electrons. The van der Waals surface area contributed by atoms with Gasteiger partial charge in [0.1, 0.15) is 17.4 Å². The van der Waals surface area contributed by atoms with Gasteiger partial charge in [-0.25, -0.2) is 9.59 Å². The Bertz CT molecular complexity index is 641. The molecule has 8 nitrogen and oxygen atoms in total. The zero-order chi connectivity index (χ0) is 19.4. The Morgan fingerprint density at radius 3 is 2.00 bits per heavy atom. The van der Waals surface area contributed by atoms with Crippen molar-refractivity contribution in [3.63, 3.8) is 0 Å². The molecule has 0 aliphatic carbocycles. The van der Waals surface area contributed by atoms with Crippen LogP contribution >= 0.6 is 0 Å². The fourth-order valence-corrected chi connectivity index (χ4v) is 1.88. The molecule has 1 N–H and O–H groups in total. The van der Waals surface area contributed by atoms with E-state index in [0.717, 1.165) is 0 Å². The van der Waals surface area contributed by atoms with E-state index in [1.54, 1.807) is 41.5 Å². The molecule has 1 aromatic carbocycles. The number of hydrogen-bond donors (Lipinski definition) is 1. The molecule has 0 bridgehead atoms. The van der Waals surface area contributed by atoms with Crippen LogP contribution in [0.4, 0.5) is 10.5 Å². The maximum Gasteiger partial charge on any atom is 0.413 e. The van der Waals surface area contributed by atoms with Crippen LogP contribution in [0.15, 0.2) is 24.3 Å². The van der Waals surface area contributed by atoms with Crippen molar-refractivity contribution in [1.29, 1.82) is 0 Å². The van der Waals surface area contributed by atoms with Gasteiger partial charge >= 0.3 is 12.1 Å². The van der Waals surface area contributed by atoms with Gasteiger partial charge in [-0.1, -0.05) is 20.8 Å². The molecule has 0 saturated carbocycles. The fourth-order valence-electron chi connectivity index (χ4n) is 1.88. The third kappa shape index (κ3) is 6.78. The van der Waals surface area contributed by atoms with Crippen molar-refractivity contribution in [3.05, 3.63) is 34.4 Å². The van der Waals surface area contributed by atoms with Crippen molar-refractivity contribution < 1.29 is 24.0 Å². The highest BCUT2D eigenvalue weighted by Crippen LogP contribution is 2.23. The predicted octanol–water partition coefficient (Wildman–Crippen LogP) is 3.44. The number of esters is 1. The molecule has 1 aromatic rings. The molecule has 0 heterocycles. The summed E-state index contributed by atoms with van der Waals surface area (Å²) < 4.78 is 10.4. The van der Waals surface area contributed by atoms with Crippen molar-refractivity contribution in [2.45, 2.75) is 53.2 Å². The summed E-state index contributed by atoms with van der Waals surface area (Å²) in [5.74, 6) is -0.444. The zero-order valence-corrected chi connectivity index (χ0v) is 15.3. The van der Waals surface area contributed by atoms with Gasteiger partial charge in [0, 0.05) is 12.1 Å². The number of carbonyl (C=O) groups excluding carboxylic acids is 2. The quantitative estimate of drug-likeness (QED) is 0.505. The Morgan fingerprint density at radius 1 is 1.08 bits per heavy atom. The normalized spacial score (nSPS) is 12.9. The van der Waals surface area contributed by atoms with E-state index < -0.39 is 34.0 Å². The molecule has 0 aromatic heterocycles. The molecule has 0 saturated heterocycles. The number of rotatable bonds is 4. The SMILES string of the molecule is CC(C)(C)OC(=O)[C@@H](NC(=O)Oc1ccc([N+](=O)[O-])cc1)C(C)(C)C. The van der Waals surface area contributed by atoms with Crippen LogP contribution in [0.25, 0.3) is 0 Å². The lowest BCUT2D eigenvalue weighted by Crippen LogP contribution is -2.52. The van der Waals surface area contributed by atoms with Gasteiger partial charge in [-0.05, 0) is 38.3 Å². The molecule has 25 heavy (non-hydrogen) atoms. The minimum atomic E-state index is -0.919. The van der Waals surface area contributed by atoms with E-state index in [9.17, 15) is 19.7 Å². The lowest BCUT2D eigenvalue weighted by Gasteiger charge is -2.31. The van der Waals surface area contributed by atoms with Crippen LogP contribution in [0.2, 0.25) is 0 Å². The van der Waals surface area contributed by atoms with E-state index in [-0.39, 0.29) is 11.4 Å². The van der Waals surface area contributed by atoms with Gasteiger partial charge in [0.15, 0.2) is 0 Å². The first-order chi connectivity index (χ1) is 11.3. The third-order valence-corrected chi connectivity index (χ3v) is 3.03. The summed E-state index contributed by atoms with van der Waals surface area (Å²) >= 11 is 0. The Hall–Kier alpha value is -2.64. The van der Waals surface area contributed by atoms with Crippen LogP contribution in [-0.2, 0) is 9.53 Å². The van der Waals surface area contributed by atoms with E-state index in [2.05, 4.69) is 5.32 Å². The standard InChI is InChI=1S/C17H24N2O6/c1-16(2,3)13(14(20)25-17(4,5)6)18-15(21)24-12-9-7-11(8-10-12)19(22)23/h7-10,13H,1-6H3,(H,18,21)/t13-/m1/s1. The lowest BCUT2D eigenvalue weighted by atomic mass is 9.86. The van der Waals surface area contributed by atoms with Gasteiger partial charge in [-0.15, -0.1) is 0 Å². The van der Waals surface area contributed by atoms with Gasteiger partial charge in [0.25, 0.3) is 5.69 Å². The van der Waals surface area contributed by atoms with Crippen LogP contribution in [-0.4, -0.2) is 28.6 Å². The molecule has 0 unspecified atom stereocenters. The second kappa shape index (κ2) is 7.50. The number of nitrogens with one attached hydrogen (secondary N) is 1. The molecule has 1 atom stereocenters. The summed E-state index contributed by atoms with van der Waals surface area (Å²) in [7, 11) is 0. The van der Waals surface area contributed by atoms with E-state index >= 15 is 0 Å². The number of nitrogens with zero attached hydrogens (tertiary/aromatic N) is 1. The summed E-state index contributed by atoms with van der Waals surface area (Å²) in [5, 5.41) is 13.1. The average molecular weight is 352 g/mol. The molecule has 8 heteroatoms. The number of non-ortho nitro benzene ring substituents is 1. The zero-order valence-electron chi connectivity index (χ0n) is 15.3. The Morgan fingerprint density at radius 2 is 1.60 bits per heavy atom. The first-order valence-electron chi connectivity index (χ1n) is 7.75. The Labute approximate surface area is 146 Å². The number of benzene rings is 1. The number of amides is 1. The molecule has 0 aliphatic rings. The highest BCUT2D eigenvalue weighted by Gasteiger charge is 2.36. The Balaban J connectivity index is 2.81. The number of nitro benzene ring substituents is 1. The molecule has 0 spiro atoms. The molecule has 0 radical (unpaired) electrons. The highest BCUT2D eigenvalue weighted by molar-refractivity contribution is 5.83. The molecule has 1 amide bonds. The van der Waals surface area contributed by atoms with Crippen LogP contribution < -0.4 is 10.1 Å². The summed E-state index contributed by atoms with van der Waals surface area (Å²) in [6.07, 6.45) is -0.848. The molecule has 0 aliphatic heterocycles. The first-order valence-corrected chi connectivity index (χ1v) is 7.75. The van der Waals surface area contributed by atoms with E-state index in [1.165, 1.54) is 24.3 Å². The third-order valence-electron chi connectivity index (χ3n) is 3.03. The number of hydrogen-bond acceptors (Lipinski definition) is 6. The van der Waals surface area contributed by atoms with Gasteiger partial charge in [0.2, 0.25) is 0 Å². The first kappa shape index (κ1) is 20.4. The largest absolute Gasteiger partial charge is 0.458 e. The van der Waals surface area contributed by atoms with Crippen molar-refractivity contribution in [2.24, 2.45) is 5.41 Å². The van der Waals surface area contributed by atoms with Crippen LogP contribution in [0.3, 0.4) is 0 Å². The number of carbonyl (C=O) groups is 2. The van der Waals surface area contributed by atoms with E-state index in [0.29, 0.717) is 0 Å². The van der Waals surface area contributed by atoms with E-state index in [1.807, 2.05) is 0 Å². The predicted molar refractivity (Wildman–Crippen MR) is 91.3 cm³/mol. The maximum absolute atomic E-state index is 12.3. The molecule has 0 fully saturated rings. The summed E-state index contributed by atoms with van der Waals surface area (Å²) in [4.78, 5) is 34.5. The lowest BCUT2D eigenvalue weighted by molar-refractivity contribution is -0.384. The smallest absolute Gasteiger partial charge is 0.413 e. The average Bonchev–Trinajstić information content (AvgIpc) is 2.42. The van der Waals surface area contributed by atoms with Crippen molar-refractivity contribution >= 4 is 17.7 Å². The van der Waals surface area contributed by atoms with Crippen molar-refractivity contribution in [1.82, 2.24) is 5.32 Å². The molecular formula is C17H24N2O6. The van der Waals surface area contributed by atoms with Crippen LogP contribution in [0.5, 0.6) is 5.75 Å². The van der Waals surface area contributed by atoms with Crippen LogP contribution in [0, 0.1) is 15.5 Å². The topological polar surface area (TPSA) is 108 Å². The molecular weight excluding hydrogens is 328 g/mol. The summed E-state index contributed by atoms with van der Waals surface area (Å²) in [6, 6.07) is 4.13. The summed E-state index contributed by atoms with van der Waals surface area (Å²) in [5.41, 5.74) is -1.41. The van der Waals surface area contributed by atoms with Gasteiger partial charge < -0.3 is 14.8 Å². The van der Waals surface area contributed by atoms with E-state index in [4.69, 9.17) is 9.47 Å². The number of ether oxygens (including phenoxy) is 2. The fraction of sp³-hybridized carbons (Fsp3) is 0.529. The van der Waals surface area contributed by atoms with Crippen LogP contribution in [0.1, 0.15) is 41.5 Å². The number of nitro groups is 1. The summed E-state index contributed by atoms with van der Waals surface area (Å²) in [6.45, 7) is 10.6. The monoisotopic (exact) mass is 352 g/mol. The minimum Gasteiger partial charge on any atom is -0.458 e. The molecule has 1 rings (SSSR count).